The van der Waals surface area contributed by atoms with E-state index >= 15 is 0 Å². The lowest BCUT2D eigenvalue weighted by Gasteiger charge is -2.17. The van der Waals surface area contributed by atoms with Crippen LogP contribution >= 0.6 is 11.3 Å². The Bertz CT molecular complexity index is 1070. The topological polar surface area (TPSA) is 124 Å². The Morgan fingerprint density at radius 2 is 1.96 bits per heavy atom. The number of rotatable bonds is 2. The second-order valence-corrected chi connectivity index (χ2v) is 6.75. The molecule has 0 bridgehead atoms. The first-order valence-electron chi connectivity index (χ1n) is 7.15. The van der Waals surface area contributed by atoms with Gasteiger partial charge in [-0.1, -0.05) is 6.07 Å². The van der Waals surface area contributed by atoms with Crippen molar-refractivity contribution >= 4 is 33.3 Å². The van der Waals surface area contributed by atoms with Crippen LogP contribution in [0.5, 0.6) is 5.75 Å². The van der Waals surface area contributed by atoms with Crippen molar-refractivity contribution in [1.29, 1.82) is 0 Å². The van der Waals surface area contributed by atoms with Gasteiger partial charge >= 0.3 is 0 Å². The van der Waals surface area contributed by atoms with E-state index in [4.69, 9.17) is 11.5 Å². The Kier molecular flexibility index (Phi) is 3.56. The van der Waals surface area contributed by atoms with Crippen LogP contribution in [0.1, 0.15) is 26.5 Å². The van der Waals surface area contributed by atoms with E-state index in [0.717, 1.165) is 5.56 Å². The fourth-order valence-corrected chi connectivity index (χ4v) is 3.67. The third-order valence-electron chi connectivity index (χ3n) is 3.94. The number of nitrogens with zero attached hydrogens (tertiary/aromatic N) is 2. The summed E-state index contributed by atoms with van der Waals surface area (Å²) >= 11 is 1.17. The number of fused-ring (bicyclic) bond motifs is 1. The monoisotopic (exact) mass is 344 g/mol. The molecule has 5 N–H and O–H groups in total. The lowest BCUT2D eigenvalue weighted by atomic mass is 10.1. The van der Waals surface area contributed by atoms with Crippen LogP contribution in [0.25, 0.3) is 15.9 Å². The number of anilines is 1. The number of aromatic hydroxyl groups is 1. The fraction of sp³-hybridized carbons (Fsp3) is 0.188. The van der Waals surface area contributed by atoms with Crippen molar-refractivity contribution in [1.82, 2.24) is 9.55 Å². The lowest BCUT2D eigenvalue weighted by Crippen LogP contribution is -2.27. The number of carbonyl (C=O) groups excluding carboxylic acids is 1. The van der Waals surface area contributed by atoms with Crippen molar-refractivity contribution in [2.24, 2.45) is 5.73 Å². The number of hydrogen-bond acceptors (Lipinski definition) is 6. The van der Waals surface area contributed by atoms with Crippen LogP contribution in [0.15, 0.2) is 16.9 Å². The molecule has 0 spiro atoms. The standard InChI is InChI=1S/C16H16N4O3S/c1-6-4-5-9(21)7(2)12(6)20-14(17)10(15(18)22)11-13(16(20)23)24-8(3)19-11/h4-5,21H,17H2,1-3H3,(H2,18,22). The van der Waals surface area contributed by atoms with Gasteiger partial charge in [0.2, 0.25) is 0 Å². The second-order valence-electron chi connectivity index (χ2n) is 5.55. The molecule has 3 aromatic rings. The first-order valence-corrected chi connectivity index (χ1v) is 7.96. The highest BCUT2D eigenvalue weighted by Gasteiger charge is 2.24. The first-order chi connectivity index (χ1) is 11.2. The number of aryl methyl sites for hydroxylation is 2. The first kappa shape index (κ1) is 16.0. The summed E-state index contributed by atoms with van der Waals surface area (Å²) in [6.07, 6.45) is 0. The maximum absolute atomic E-state index is 13.0. The van der Waals surface area contributed by atoms with E-state index in [1.807, 2.05) is 0 Å². The van der Waals surface area contributed by atoms with Gasteiger partial charge in [0.25, 0.3) is 11.5 Å². The molecule has 124 valence electrons. The minimum atomic E-state index is -0.757. The molecule has 3 rings (SSSR count). The summed E-state index contributed by atoms with van der Waals surface area (Å²) in [5.41, 5.74) is 13.1. The third kappa shape index (κ3) is 2.15. The number of aromatic nitrogens is 2. The summed E-state index contributed by atoms with van der Waals surface area (Å²) < 4.78 is 1.53. The Labute approximate surface area is 141 Å². The van der Waals surface area contributed by atoms with Gasteiger partial charge < -0.3 is 16.6 Å². The molecule has 2 heterocycles. The van der Waals surface area contributed by atoms with Gasteiger partial charge in [0.1, 0.15) is 27.3 Å². The zero-order chi connectivity index (χ0) is 17.8. The summed E-state index contributed by atoms with van der Waals surface area (Å²) in [7, 11) is 0. The SMILES string of the molecule is Cc1nc2c(C(N)=O)c(N)n(-c3c(C)ccc(O)c3C)c(=O)c2s1. The number of nitrogens with two attached hydrogens (primary N) is 2. The number of nitrogen functional groups attached to an aromatic ring is 1. The Morgan fingerprint density at radius 1 is 1.29 bits per heavy atom. The van der Waals surface area contributed by atoms with Crippen LogP contribution in [-0.2, 0) is 0 Å². The van der Waals surface area contributed by atoms with Gasteiger partial charge in [-0.3, -0.25) is 14.2 Å². The molecule has 0 fully saturated rings. The summed E-state index contributed by atoms with van der Waals surface area (Å²) in [5, 5.41) is 10.6. The molecule has 0 atom stereocenters. The minimum absolute atomic E-state index is 0.0103. The highest BCUT2D eigenvalue weighted by atomic mass is 32.1. The maximum atomic E-state index is 13.0. The molecular weight excluding hydrogens is 328 g/mol. The normalized spacial score (nSPS) is 11.1. The van der Waals surface area contributed by atoms with Crippen molar-refractivity contribution in [2.75, 3.05) is 5.73 Å². The highest BCUT2D eigenvalue weighted by Crippen LogP contribution is 2.31. The van der Waals surface area contributed by atoms with Crippen LogP contribution in [0.3, 0.4) is 0 Å². The fourth-order valence-electron chi connectivity index (χ4n) is 2.82. The van der Waals surface area contributed by atoms with Crippen molar-refractivity contribution in [2.45, 2.75) is 20.8 Å². The summed E-state index contributed by atoms with van der Waals surface area (Å²) in [5.74, 6) is -0.808. The number of phenols is 1. The number of primary amides is 1. The van der Waals surface area contributed by atoms with Gasteiger partial charge in [-0.15, -0.1) is 11.3 Å². The predicted molar refractivity (Wildman–Crippen MR) is 94.0 cm³/mol. The van der Waals surface area contributed by atoms with E-state index in [-0.39, 0.29) is 22.6 Å². The quantitative estimate of drug-likeness (QED) is 0.653. The minimum Gasteiger partial charge on any atom is -0.508 e. The molecule has 0 aliphatic heterocycles. The maximum Gasteiger partial charge on any atom is 0.276 e. The van der Waals surface area contributed by atoms with Crippen LogP contribution < -0.4 is 17.0 Å². The van der Waals surface area contributed by atoms with Crippen molar-refractivity contribution < 1.29 is 9.90 Å². The largest absolute Gasteiger partial charge is 0.508 e. The van der Waals surface area contributed by atoms with Gasteiger partial charge in [-0.2, -0.15) is 0 Å². The summed E-state index contributed by atoms with van der Waals surface area (Å²) in [6, 6.07) is 3.22. The molecule has 24 heavy (non-hydrogen) atoms. The molecule has 0 saturated heterocycles. The van der Waals surface area contributed by atoms with E-state index in [2.05, 4.69) is 4.98 Å². The number of phenolic OH excluding ortho intramolecular Hbond substituents is 1. The second kappa shape index (κ2) is 5.34. The molecule has 2 aromatic heterocycles. The molecule has 0 radical (unpaired) electrons. The number of pyridine rings is 1. The van der Waals surface area contributed by atoms with Gasteiger partial charge in [0.15, 0.2) is 0 Å². The van der Waals surface area contributed by atoms with E-state index in [9.17, 15) is 14.7 Å². The van der Waals surface area contributed by atoms with Gasteiger partial charge in [-0.25, -0.2) is 4.98 Å². The van der Waals surface area contributed by atoms with Crippen molar-refractivity contribution in [3.8, 4) is 11.4 Å². The summed E-state index contributed by atoms with van der Waals surface area (Å²) in [4.78, 5) is 29.1. The summed E-state index contributed by atoms with van der Waals surface area (Å²) in [6.45, 7) is 5.20. The van der Waals surface area contributed by atoms with Crippen LogP contribution in [-0.4, -0.2) is 20.6 Å². The number of thiazole rings is 1. The van der Waals surface area contributed by atoms with Gasteiger partial charge in [0, 0.05) is 5.56 Å². The Hall–Kier alpha value is -2.87. The molecule has 7 nitrogen and oxygen atoms in total. The average Bonchev–Trinajstić information content (AvgIpc) is 2.87. The molecule has 8 heteroatoms. The number of amides is 1. The average molecular weight is 344 g/mol. The van der Waals surface area contributed by atoms with Crippen LogP contribution in [0, 0.1) is 20.8 Å². The van der Waals surface area contributed by atoms with E-state index in [0.29, 0.717) is 21.0 Å². The van der Waals surface area contributed by atoms with Crippen LogP contribution in [0.2, 0.25) is 0 Å². The molecule has 1 amide bonds. The van der Waals surface area contributed by atoms with Crippen molar-refractivity contribution in [3.63, 3.8) is 0 Å². The Balaban J connectivity index is 2.58. The highest BCUT2D eigenvalue weighted by molar-refractivity contribution is 7.18. The van der Waals surface area contributed by atoms with E-state index in [1.165, 1.54) is 15.9 Å². The zero-order valence-corrected chi connectivity index (χ0v) is 14.2. The lowest BCUT2D eigenvalue weighted by molar-refractivity contribution is 0.100. The third-order valence-corrected chi connectivity index (χ3v) is 4.90. The number of hydrogen-bond donors (Lipinski definition) is 3. The zero-order valence-electron chi connectivity index (χ0n) is 13.4. The molecule has 0 unspecified atom stereocenters. The van der Waals surface area contributed by atoms with Crippen molar-refractivity contribution in [3.05, 3.63) is 44.2 Å². The smallest absolute Gasteiger partial charge is 0.276 e. The van der Waals surface area contributed by atoms with Crippen LogP contribution in [0.4, 0.5) is 5.82 Å². The number of benzene rings is 1. The van der Waals surface area contributed by atoms with E-state index < -0.39 is 11.5 Å². The van der Waals surface area contributed by atoms with E-state index in [1.54, 1.807) is 32.9 Å². The predicted octanol–water partition coefficient (Wildman–Crippen LogP) is 1.76. The van der Waals surface area contributed by atoms with Gasteiger partial charge in [-0.05, 0) is 32.4 Å². The number of carbonyl (C=O) groups is 1. The van der Waals surface area contributed by atoms with Gasteiger partial charge in [0.05, 0.1) is 10.7 Å². The Morgan fingerprint density at radius 3 is 2.58 bits per heavy atom. The molecule has 0 aliphatic carbocycles. The molecule has 1 aromatic carbocycles. The molecule has 0 saturated carbocycles. The molecule has 0 aliphatic rings. The molecular formula is C16H16N4O3S.